The van der Waals surface area contributed by atoms with Gasteiger partial charge in [-0.1, -0.05) is 42.0 Å². The molecule has 0 saturated heterocycles. The average Bonchev–Trinajstić information content (AvgIpc) is 2.50. The zero-order valence-electron chi connectivity index (χ0n) is 12.1. The van der Waals surface area contributed by atoms with Gasteiger partial charge in [-0.15, -0.1) is 0 Å². The number of hydrogen-bond acceptors (Lipinski definition) is 3. The summed E-state index contributed by atoms with van der Waals surface area (Å²) in [5, 5.41) is 0. The molecule has 0 fully saturated rings. The van der Waals surface area contributed by atoms with Crippen LogP contribution in [-0.4, -0.2) is 7.11 Å². The van der Waals surface area contributed by atoms with Gasteiger partial charge in [-0.3, -0.25) is 11.3 Å². The van der Waals surface area contributed by atoms with Gasteiger partial charge in [0, 0.05) is 6.04 Å². The first kappa shape index (κ1) is 14.6. The zero-order valence-corrected chi connectivity index (χ0v) is 12.1. The molecule has 0 saturated carbocycles. The molecule has 0 aliphatic heterocycles. The summed E-state index contributed by atoms with van der Waals surface area (Å²) in [7, 11) is 1.67. The second-order valence-electron chi connectivity index (χ2n) is 5.02. The number of rotatable bonds is 6. The van der Waals surface area contributed by atoms with E-state index in [2.05, 4.69) is 48.7 Å². The smallest absolute Gasteiger partial charge is 0.118 e. The molecule has 2 aromatic carbocycles. The lowest BCUT2D eigenvalue weighted by atomic mass is 9.99. The van der Waals surface area contributed by atoms with Gasteiger partial charge in [-0.2, -0.15) is 0 Å². The Balaban J connectivity index is 1.99. The van der Waals surface area contributed by atoms with E-state index in [1.54, 1.807) is 7.11 Å². The van der Waals surface area contributed by atoms with Crippen LogP contribution >= 0.6 is 0 Å². The van der Waals surface area contributed by atoms with Gasteiger partial charge in [0.1, 0.15) is 5.75 Å². The van der Waals surface area contributed by atoms with Gasteiger partial charge < -0.3 is 4.74 Å². The summed E-state index contributed by atoms with van der Waals surface area (Å²) in [5.74, 6) is 6.55. The SMILES string of the molecule is COc1ccc(C(CCc2ccc(C)cc2)NN)cc1. The lowest BCUT2D eigenvalue weighted by Crippen LogP contribution is -2.28. The van der Waals surface area contributed by atoms with Gasteiger partial charge in [-0.05, 0) is 43.0 Å². The lowest BCUT2D eigenvalue weighted by Gasteiger charge is -2.16. The maximum absolute atomic E-state index is 5.68. The molecular weight excluding hydrogens is 248 g/mol. The van der Waals surface area contributed by atoms with E-state index in [0.29, 0.717) is 0 Å². The van der Waals surface area contributed by atoms with E-state index in [4.69, 9.17) is 10.6 Å². The molecule has 0 bridgehead atoms. The predicted octanol–water partition coefficient (Wildman–Crippen LogP) is 3.14. The van der Waals surface area contributed by atoms with Crippen molar-refractivity contribution >= 4 is 0 Å². The van der Waals surface area contributed by atoms with E-state index in [-0.39, 0.29) is 6.04 Å². The Morgan fingerprint density at radius 1 is 1.05 bits per heavy atom. The minimum Gasteiger partial charge on any atom is -0.497 e. The van der Waals surface area contributed by atoms with Crippen LogP contribution < -0.4 is 16.0 Å². The number of hydrogen-bond donors (Lipinski definition) is 2. The molecule has 0 aliphatic carbocycles. The first-order valence-corrected chi connectivity index (χ1v) is 6.88. The number of methoxy groups -OCH3 is 1. The van der Waals surface area contributed by atoms with Crippen molar-refractivity contribution in [1.82, 2.24) is 5.43 Å². The van der Waals surface area contributed by atoms with E-state index >= 15 is 0 Å². The third-order valence-corrected chi connectivity index (χ3v) is 3.56. The first-order valence-electron chi connectivity index (χ1n) is 6.88. The molecule has 0 heterocycles. The van der Waals surface area contributed by atoms with E-state index in [1.165, 1.54) is 16.7 Å². The number of nitrogens with two attached hydrogens (primary N) is 1. The molecule has 3 nitrogen and oxygen atoms in total. The maximum Gasteiger partial charge on any atom is 0.118 e. The molecule has 0 aliphatic rings. The Bertz CT molecular complexity index is 520. The molecule has 0 spiro atoms. The Kier molecular flexibility index (Phi) is 5.16. The Hall–Kier alpha value is -1.84. The monoisotopic (exact) mass is 270 g/mol. The van der Waals surface area contributed by atoms with E-state index in [1.807, 2.05) is 12.1 Å². The largest absolute Gasteiger partial charge is 0.497 e. The summed E-state index contributed by atoms with van der Waals surface area (Å²) in [6.07, 6.45) is 1.97. The number of ether oxygens (including phenoxy) is 1. The summed E-state index contributed by atoms with van der Waals surface area (Å²) in [5.41, 5.74) is 6.70. The Labute approximate surface area is 120 Å². The zero-order chi connectivity index (χ0) is 14.4. The second-order valence-corrected chi connectivity index (χ2v) is 5.02. The van der Waals surface area contributed by atoms with E-state index in [9.17, 15) is 0 Å². The third-order valence-electron chi connectivity index (χ3n) is 3.56. The fraction of sp³-hybridized carbons (Fsp3) is 0.294. The number of hydrazine groups is 1. The normalized spacial score (nSPS) is 12.2. The summed E-state index contributed by atoms with van der Waals surface area (Å²) in [4.78, 5) is 0. The molecule has 0 aromatic heterocycles. The van der Waals surface area contributed by atoms with Gasteiger partial charge >= 0.3 is 0 Å². The van der Waals surface area contributed by atoms with Gasteiger partial charge in [0.25, 0.3) is 0 Å². The van der Waals surface area contributed by atoms with Crippen molar-refractivity contribution in [3.63, 3.8) is 0 Å². The van der Waals surface area contributed by atoms with Crippen LogP contribution in [-0.2, 0) is 6.42 Å². The minimum atomic E-state index is 0.155. The van der Waals surface area contributed by atoms with Crippen LogP contribution in [0.1, 0.15) is 29.2 Å². The molecule has 20 heavy (non-hydrogen) atoms. The third kappa shape index (κ3) is 3.83. The predicted molar refractivity (Wildman–Crippen MR) is 82.6 cm³/mol. The molecule has 1 atom stereocenters. The summed E-state index contributed by atoms with van der Waals surface area (Å²) in [6, 6.07) is 16.8. The highest BCUT2D eigenvalue weighted by molar-refractivity contribution is 5.29. The summed E-state index contributed by atoms with van der Waals surface area (Å²) in [6.45, 7) is 2.10. The number of nitrogens with one attached hydrogen (secondary N) is 1. The van der Waals surface area contributed by atoms with Crippen molar-refractivity contribution in [2.24, 2.45) is 5.84 Å². The number of aryl methyl sites for hydroxylation is 2. The van der Waals surface area contributed by atoms with Crippen molar-refractivity contribution in [3.05, 3.63) is 65.2 Å². The van der Waals surface area contributed by atoms with Crippen LogP contribution in [0.2, 0.25) is 0 Å². The molecule has 106 valence electrons. The van der Waals surface area contributed by atoms with Crippen LogP contribution in [0.25, 0.3) is 0 Å². The van der Waals surface area contributed by atoms with Crippen molar-refractivity contribution in [2.75, 3.05) is 7.11 Å². The Morgan fingerprint density at radius 3 is 2.25 bits per heavy atom. The molecule has 1 unspecified atom stereocenters. The maximum atomic E-state index is 5.68. The first-order chi connectivity index (χ1) is 9.72. The van der Waals surface area contributed by atoms with Crippen LogP contribution in [0.4, 0.5) is 0 Å². The van der Waals surface area contributed by atoms with Gasteiger partial charge in [0.05, 0.1) is 7.11 Å². The van der Waals surface area contributed by atoms with Crippen LogP contribution in [0, 0.1) is 6.92 Å². The summed E-state index contributed by atoms with van der Waals surface area (Å²) < 4.78 is 5.17. The van der Waals surface area contributed by atoms with Gasteiger partial charge in [-0.25, -0.2) is 0 Å². The second kappa shape index (κ2) is 7.08. The molecule has 2 aromatic rings. The van der Waals surface area contributed by atoms with Crippen LogP contribution in [0.5, 0.6) is 5.75 Å². The topological polar surface area (TPSA) is 47.3 Å². The molecule has 0 amide bonds. The highest BCUT2D eigenvalue weighted by atomic mass is 16.5. The number of benzene rings is 2. The Morgan fingerprint density at radius 2 is 1.70 bits per heavy atom. The van der Waals surface area contributed by atoms with Crippen LogP contribution in [0.3, 0.4) is 0 Å². The van der Waals surface area contributed by atoms with Crippen molar-refractivity contribution in [1.29, 1.82) is 0 Å². The van der Waals surface area contributed by atoms with Crippen molar-refractivity contribution < 1.29 is 4.74 Å². The van der Waals surface area contributed by atoms with E-state index < -0.39 is 0 Å². The molecule has 0 radical (unpaired) electrons. The summed E-state index contributed by atoms with van der Waals surface area (Å²) >= 11 is 0. The van der Waals surface area contributed by atoms with Gasteiger partial charge in [0.15, 0.2) is 0 Å². The minimum absolute atomic E-state index is 0.155. The van der Waals surface area contributed by atoms with Crippen molar-refractivity contribution in [3.8, 4) is 5.75 Å². The van der Waals surface area contributed by atoms with Gasteiger partial charge in [0.2, 0.25) is 0 Å². The van der Waals surface area contributed by atoms with Crippen molar-refractivity contribution in [2.45, 2.75) is 25.8 Å². The highest BCUT2D eigenvalue weighted by Gasteiger charge is 2.09. The average molecular weight is 270 g/mol. The fourth-order valence-electron chi connectivity index (χ4n) is 2.25. The van der Waals surface area contributed by atoms with E-state index in [0.717, 1.165) is 18.6 Å². The van der Waals surface area contributed by atoms with Crippen LogP contribution in [0.15, 0.2) is 48.5 Å². The molecule has 3 N–H and O–H groups in total. The molecule has 3 heteroatoms. The standard InChI is InChI=1S/C17H22N2O/c1-13-3-5-14(6-4-13)7-12-17(19-18)15-8-10-16(20-2)11-9-15/h3-6,8-11,17,19H,7,12,18H2,1-2H3. The fourth-order valence-corrected chi connectivity index (χ4v) is 2.25. The molecular formula is C17H22N2O. The molecule has 2 rings (SSSR count). The highest BCUT2D eigenvalue weighted by Crippen LogP contribution is 2.21. The lowest BCUT2D eigenvalue weighted by molar-refractivity contribution is 0.414. The quantitative estimate of drug-likeness (QED) is 0.626.